The van der Waals surface area contributed by atoms with Gasteiger partial charge in [-0.3, -0.25) is 5.32 Å². The molecule has 1 heterocycles. The number of nitrogens with one attached hydrogen (secondary N) is 1. The summed E-state index contributed by atoms with van der Waals surface area (Å²) in [4.78, 5) is 17.4. The highest BCUT2D eigenvalue weighted by molar-refractivity contribution is 9.10. The molecule has 1 amide bonds. The molecule has 5 nitrogen and oxygen atoms in total. The minimum absolute atomic E-state index is 0.519. The molecule has 0 atom stereocenters. The number of halogens is 1. The number of hydrogen-bond donors (Lipinski definition) is 1. The van der Waals surface area contributed by atoms with E-state index in [1.807, 2.05) is 65.2 Å². The number of carbonyl (C=O) groups is 1. The number of methoxy groups -OCH3 is 1. The number of thiazole rings is 1. The quantitative estimate of drug-likeness (QED) is 0.523. The van der Waals surface area contributed by atoms with Gasteiger partial charge in [-0.25, -0.2) is 9.79 Å². The zero-order chi connectivity index (χ0) is 19.2. The Morgan fingerprint density at radius 1 is 1.26 bits per heavy atom. The Morgan fingerprint density at radius 3 is 2.59 bits per heavy atom. The Labute approximate surface area is 169 Å². The Hall–Kier alpha value is -2.64. The van der Waals surface area contributed by atoms with Crippen LogP contribution in [0.15, 0.2) is 76.7 Å². The fourth-order valence-corrected chi connectivity index (χ4v) is 3.87. The molecule has 138 valence electrons. The van der Waals surface area contributed by atoms with E-state index in [0.29, 0.717) is 11.5 Å². The van der Waals surface area contributed by atoms with Crippen molar-refractivity contribution in [2.24, 2.45) is 4.99 Å². The maximum absolute atomic E-state index is 11.8. The van der Waals surface area contributed by atoms with Gasteiger partial charge in [0.15, 0.2) is 4.80 Å². The lowest BCUT2D eigenvalue weighted by Crippen LogP contribution is -2.15. The van der Waals surface area contributed by atoms with Crippen LogP contribution in [0, 0.1) is 0 Å². The van der Waals surface area contributed by atoms with Gasteiger partial charge in [0, 0.05) is 16.6 Å². The fraction of sp³-hybridized carbons (Fsp3) is 0.100. The second-order valence-electron chi connectivity index (χ2n) is 5.53. The number of aromatic nitrogens is 1. The third-order valence-electron chi connectivity index (χ3n) is 3.72. The van der Waals surface area contributed by atoms with Crippen molar-refractivity contribution in [3.8, 4) is 11.3 Å². The van der Waals surface area contributed by atoms with Gasteiger partial charge in [0.1, 0.15) is 5.00 Å². The lowest BCUT2D eigenvalue weighted by molar-refractivity contribution is 0.187. The van der Waals surface area contributed by atoms with Gasteiger partial charge in [-0.05, 0) is 24.3 Å². The molecule has 0 unspecified atom stereocenters. The molecule has 27 heavy (non-hydrogen) atoms. The highest BCUT2D eigenvalue weighted by Crippen LogP contribution is 2.31. The molecule has 1 N–H and O–H groups in total. The van der Waals surface area contributed by atoms with E-state index in [0.717, 1.165) is 26.2 Å². The standard InChI is InChI=1S/C20H18BrN3O2S/c1-3-13-24-17(14-7-5-4-6-8-14)18(23-20(25)26-2)27-19(24)22-16-11-9-15(21)10-12-16/h3-12H,1,13H2,2H3,(H,23,25). The predicted octanol–water partition coefficient (Wildman–Crippen LogP) is 5.58. The van der Waals surface area contributed by atoms with Gasteiger partial charge in [0.25, 0.3) is 0 Å². The smallest absolute Gasteiger partial charge is 0.412 e. The number of carbonyl (C=O) groups excluding carboxylic acids is 1. The third kappa shape index (κ3) is 4.56. The largest absolute Gasteiger partial charge is 0.453 e. The van der Waals surface area contributed by atoms with Crippen LogP contribution in [0.5, 0.6) is 0 Å². The SMILES string of the molecule is C=CCn1c(-c2ccccc2)c(NC(=O)OC)sc1=Nc1ccc(Br)cc1. The summed E-state index contributed by atoms with van der Waals surface area (Å²) in [5, 5.41) is 3.48. The minimum Gasteiger partial charge on any atom is -0.453 e. The molecule has 0 fully saturated rings. The number of rotatable bonds is 5. The van der Waals surface area contributed by atoms with E-state index in [4.69, 9.17) is 9.73 Å². The van der Waals surface area contributed by atoms with E-state index in [-0.39, 0.29) is 0 Å². The summed E-state index contributed by atoms with van der Waals surface area (Å²) in [5.41, 5.74) is 2.66. The van der Waals surface area contributed by atoms with Crippen LogP contribution in [0.4, 0.5) is 15.5 Å². The van der Waals surface area contributed by atoms with E-state index in [1.54, 1.807) is 0 Å². The van der Waals surface area contributed by atoms with E-state index in [9.17, 15) is 4.79 Å². The first kappa shape index (κ1) is 19.1. The zero-order valence-corrected chi connectivity index (χ0v) is 17.1. The van der Waals surface area contributed by atoms with Gasteiger partial charge >= 0.3 is 6.09 Å². The predicted molar refractivity (Wildman–Crippen MR) is 113 cm³/mol. The topological polar surface area (TPSA) is 55.6 Å². The summed E-state index contributed by atoms with van der Waals surface area (Å²) in [7, 11) is 1.34. The van der Waals surface area contributed by atoms with E-state index in [1.165, 1.54) is 18.4 Å². The number of anilines is 1. The number of amides is 1. The van der Waals surface area contributed by atoms with Gasteiger partial charge in [-0.15, -0.1) is 6.58 Å². The van der Waals surface area contributed by atoms with Crippen molar-refractivity contribution in [2.45, 2.75) is 6.54 Å². The average molecular weight is 444 g/mol. The van der Waals surface area contributed by atoms with Crippen LogP contribution < -0.4 is 10.1 Å². The Balaban J connectivity index is 2.22. The lowest BCUT2D eigenvalue weighted by Gasteiger charge is -2.09. The van der Waals surface area contributed by atoms with Gasteiger partial charge in [0.2, 0.25) is 0 Å². The summed E-state index contributed by atoms with van der Waals surface area (Å²) in [6.07, 6.45) is 1.29. The Kier molecular flexibility index (Phi) is 6.26. The molecular formula is C20H18BrN3O2S. The van der Waals surface area contributed by atoms with E-state index < -0.39 is 6.09 Å². The highest BCUT2D eigenvalue weighted by Gasteiger charge is 2.17. The molecule has 0 aliphatic carbocycles. The van der Waals surface area contributed by atoms with Crippen LogP contribution >= 0.6 is 27.3 Å². The van der Waals surface area contributed by atoms with Crippen LogP contribution in [-0.4, -0.2) is 17.8 Å². The van der Waals surface area contributed by atoms with Gasteiger partial charge in [-0.2, -0.15) is 0 Å². The summed E-state index contributed by atoms with van der Waals surface area (Å²) in [5.74, 6) is 0. The van der Waals surface area contributed by atoms with Crippen molar-refractivity contribution in [3.63, 3.8) is 0 Å². The van der Waals surface area contributed by atoms with Crippen LogP contribution in [-0.2, 0) is 11.3 Å². The van der Waals surface area contributed by atoms with Crippen LogP contribution in [0.25, 0.3) is 11.3 Å². The maximum Gasteiger partial charge on any atom is 0.412 e. The maximum atomic E-state index is 11.8. The van der Waals surface area contributed by atoms with Crippen molar-refractivity contribution in [3.05, 3.63) is 76.5 Å². The number of benzene rings is 2. The first-order chi connectivity index (χ1) is 13.1. The lowest BCUT2D eigenvalue weighted by atomic mass is 10.1. The first-order valence-electron chi connectivity index (χ1n) is 8.17. The number of hydrogen-bond acceptors (Lipinski definition) is 4. The van der Waals surface area contributed by atoms with E-state index >= 15 is 0 Å². The summed E-state index contributed by atoms with van der Waals surface area (Å²) in [6, 6.07) is 17.6. The van der Waals surface area contributed by atoms with Crippen molar-refractivity contribution < 1.29 is 9.53 Å². The molecule has 0 saturated heterocycles. The summed E-state index contributed by atoms with van der Waals surface area (Å²) in [6.45, 7) is 4.42. The number of nitrogens with zero attached hydrogens (tertiary/aromatic N) is 2. The minimum atomic E-state index is -0.519. The van der Waals surface area contributed by atoms with Gasteiger partial charge < -0.3 is 9.30 Å². The highest BCUT2D eigenvalue weighted by atomic mass is 79.9. The van der Waals surface area contributed by atoms with Crippen molar-refractivity contribution in [2.75, 3.05) is 12.4 Å². The monoisotopic (exact) mass is 443 g/mol. The van der Waals surface area contributed by atoms with Gasteiger partial charge in [-0.1, -0.05) is 63.7 Å². The number of ether oxygens (including phenoxy) is 1. The average Bonchev–Trinajstić information content (AvgIpc) is 3.01. The molecule has 0 aliphatic rings. The Bertz CT molecular complexity index is 1010. The molecule has 0 saturated carbocycles. The van der Waals surface area contributed by atoms with Crippen LogP contribution in [0.2, 0.25) is 0 Å². The summed E-state index contributed by atoms with van der Waals surface area (Å²) >= 11 is 4.82. The zero-order valence-electron chi connectivity index (χ0n) is 14.7. The fourth-order valence-electron chi connectivity index (χ4n) is 2.53. The molecule has 0 spiro atoms. The first-order valence-corrected chi connectivity index (χ1v) is 9.78. The molecule has 0 aliphatic heterocycles. The second-order valence-corrected chi connectivity index (χ2v) is 7.43. The number of allylic oxidation sites excluding steroid dienone is 1. The molecule has 0 radical (unpaired) electrons. The van der Waals surface area contributed by atoms with E-state index in [2.05, 4.69) is 27.8 Å². The van der Waals surface area contributed by atoms with Crippen molar-refractivity contribution >= 4 is 44.0 Å². The van der Waals surface area contributed by atoms with Crippen LogP contribution in [0.3, 0.4) is 0 Å². The molecule has 1 aromatic heterocycles. The third-order valence-corrected chi connectivity index (χ3v) is 5.24. The summed E-state index contributed by atoms with van der Waals surface area (Å²) < 4.78 is 7.80. The van der Waals surface area contributed by atoms with Crippen LogP contribution in [0.1, 0.15) is 0 Å². The van der Waals surface area contributed by atoms with Gasteiger partial charge in [0.05, 0.1) is 18.5 Å². The molecular weight excluding hydrogens is 426 g/mol. The molecule has 2 aromatic carbocycles. The van der Waals surface area contributed by atoms with Crippen molar-refractivity contribution in [1.82, 2.24) is 4.57 Å². The molecule has 0 bridgehead atoms. The Morgan fingerprint density at radius 2 is 1.96 bits per heavy atom. The van der Waals surface area contributed by atoms with Crippen molar-refractivity contribution in [1.29, 1.82) is 0 Å². The molecule has 3 aromatic rings. The normalized spacial score (nSPS) is 11.3. The molecule has 3 rings (SSSR count). The molecule has 7 heteroatoms. The second kappa shape index (κ2) is 8.83.